The van der Waals surface area contributed by atoms with E-state index in [2.05, 4.69) is 10.3 Å². The number of carbonyl (C=O) groups is 1. The van der Waals surface area contributed by atoms with Crippen molar-refractivity contribution in [3.63, 3.8) is 0 Å². The molecule has 0 spiro atoms. The van der Waals surface area contributed by atoms with E-state index < -0.39 is 23.4 Å². The summed E-state index contributed by atoms with van der Waals surface area (Å²) >= 11 is 0. The van der Waals surface area contributed by atoms with Crippen molar-refractivity contribution in [2.75, 3.05) is 11.9 Å². The van der Waals surface area contributed by atoms with Crippen molar-refractivity contribution in [1.29, 1.82) is 0 Å². The molecule has 1 unspecified atom stereocenters. The van der Waals surface area contributed by atoms with Crippen LogP contribution in [-0.2, 0) is 9.47 Å². The van der Waals surface area contributed by atoms with Gasteiger partial charge in [-0.3, -0.25) is 5.32 Å². The Labute approximate surface area is 131 Å². The van der Waals surface area contributed by atoms with Crippen LogP contribution in [0.5, 0.6) is 0 Å². The third-order valence-electron chi connectivity index (χ3n) is 2.39. The number of nitrogens with one attached hydrogen (secondary N) is 1. The summed E-state index contributed by atoms with van der Waals surface area (Å²) in [5, 5.41) is 12.1. The molecule has 0 radical (unpaired) electrons. The van der Waals surface area contributed by atoms with Gasteiger partial charge in [0.25, 0.3) is 0 Å². The number of anilines is 1. The number of aromatic nitrogens is 1. The number of pyridine rings is 1. The third kappa shape index (κ3) is 6.87. The van der Waals surface area contributed by atoms with Crippen LogP contribution in [0.1, 0.15) is 53.3 Å². The second kappa shape index (κ2) is 7.07. The Morgan fingerprint density at radius 3 is 2.36 bits per heavy atom. The Kier molecular flexibility index (Phi) is 5.91. The van der Waals surface area contributed by atoms with Crippen LogP contribution in [0.4, 0.5) is 10.6 Å². The highest BCUT2D eigenvalue weighted by Gasteiger charge is 2.22. The van der Waals surface area contributed by atoms with Crippen LogP contribution in [0.2, 0.25) is 0 Å². The maximum atomic E-state index is 11.8. The normalized spacial score (nSPS) is 13.6. The molecule has 6 heteroatoms. The first-order chi connectivity index (χ1) is 10.00. The maximum Gasteiger partial charge on any atom is 0.413 e. The Balaban J connectivity index is 2.82. The molecular formula is C16H26N2O4. The maximum absolute atomic E-state index is 11.8. The van der Waals surface area contributed by atoms with Gasteiger partial charge in [-0.25, -0.2) is 9.78 Å². The highest BCUT2D eigenvalue weighted by Crippen LogP contribution is 2.23. The van der Waals surface area contributed by atoms with Gasteiger partial charge in [0.15, 0.2) is 0 Å². The van der Waals surface area contributed by atoms with E-state index in [-0.39, 0.29) is 6.61 Å². The van der Waals surface area contributed by atoms with Gasteiger partial charge in [-0.2, -0.15) is 0 Å². The average Bonchev–Trinajstić information content (AvgIpc) is 2.32. The molecule has 124 valence electrons. The Hall–Kier alpha value is -1.66. The van der Waals surface area contributed by atoms with E-state index in [0.29, 0.717) is 11.5 Å². The quantitative estimate of drug-likeness (QED) is 0.892. The molecule has 0 aliphatic carbocycles. The van der Waals surface area contributed by atoms with Crippen molar-refractivity contribution < 1.29 is 19.4 Å². The van der Waals surface area contributed by atoms with Crippen LogP contribution in [-0.4, -0.2) is 34.0 Å². The lowest BCUT2D eigenvalue weighted by molar-refractivity contribution is -0.0839. The van der Waals surface area contributed by atoms with E-state index in [1.807, 2.05) is 20.8 Å². The first kappa shape index (κ1) is 18.4. The van der Waals surface area contributed by atoms with E-state index in [0.717, 1.165) is 0 Å². The zero-order valence-electron chi connectivity index (χ0n) is 14.1. The standard InChI is InChI=1S/C16H26N2O4/c1-15(2,3)21-12(10-19)11-8-7-9-13(17-11)18-14(20)22-16(4,5)6/h7-9,12,19H,10H2,1-6H3,(H,17,18,20). The summed E-state index contributed by atoms with van der Waals surface area (Å²) in [5.41, 5.74) is -0.445. The van der Waals surface area contributed by atoms with Crippen molar-refractivity contribution in [2.45, 2.75) is 58.8 Å². The molecule has 1 aromatic heterocycles. The molecule has 0 saturated heterocycles. The Morgan fingerprint density at radius 1 is 1.23 bits per heavy atom. The Morgan fingerprint density at radius 2 is 1.86 bits per heavy atom. The summed E-state index contributed by atoms with van der Waals surface area (Å²) in [6.07, 6.45) is -1.13. The van der Waals surface area contributed by atoms with E-state index in [1.165, 1.54) is 0 Å². The lowest BCUT2D eigenvalue weighted by atomic mass is 10.1. The zero-order chi connectivity index (χ0) is 17.0. The number of hydrogen-bond donors (Lipinski definition) is 2. The first-order valence-corrected chi connectivity index (χ1v) is 7.26. The van der Waals surface area contributed by atoms with E-state index in [9.17, 15) is 9.90 Å². The molecule has 1 rings (SSSR count). The summed E-state index contributed by atoms with van der Waals surface area (Å²) in [4.78, 5) is 16.1. The minimum atomic E-state index is -0.579. The topological polar surface area (TPSA) is 80.7 Å². The number of ether oxygens (including phenoxy) is 2. The SMILES string of the molecule is CC(C)(C)OC(=O)Nc1cccc(C(CO)OC(C)(C)C)n1. The highest BCUT2D eigenvalue weighted by atomic mass is 16.6. The molecule has 1 aromatic rings. The number of amides is 1. The van der Waals surface area contributed by atoms with Gasteiger partial charge in [-0.1, -0.05) is 6.07 Å². The van der Waals surface area contributed by atoms with Gasteiger partial charge >= 0.3 is 6.09 Å². The number of hydrogen-bond acceptors (Lipinski definition) is 5. The fourth-order valence-electron chi connectivity index (χ4n) is 1.73. The zero-order valence-corrected chi connectivity index (χ0v) is 14.1. The van der Waals surface area contributed by atoms with Gasteiger partial charge in [-0.15, -0.1) is 0 Å². The number of rotatable bonds is 4. The van der Waals surface area contributed by atoms with Crippen LogP contribution < -0.4 is 5.32 Å². The molecule has 2 N–H and O–H groups in total. The van der Waals surface area contributed by atoms with Crippen molar-refractivity contribution in [1.82, 2.24) is 4.98 Å². The van der Waals surface area contributed by atoms with Crippen molar-refractivity contribution in [2.24, 2.45) is 0 Å². The van der Waals surface area contributed by atoms with Gasteiger partial charge in [0, 0.05) is 0 Å². The molecule has 0 aliphatic heterocycles. The summed E-state index contributed by atoms with van der Waals surface area (Å²) in [6, 6.07) is 5.13. The van der Waals surface area contributed by atoms with E-state index in [1.54, 1.807) is 39.0 Å². The second-order valence-corrected chi connectivity index (χ2v) is 6.98. The van der Waals surface area contributed by atoms with Crippen LogP contribution in [0.25, 0.3) is 0 Å². The largest absolute Gasteiger partial charge is 0.444 e. The predicted molar refractivity (Wildman–Crippen MR) is 84.8 cm³/mol. The molecule has 0 aromatic carbocycles. The summed E-state index contributed by atoms with van der Waals surface area (Å²) in [6.45, 7) is 10.9. The summed E-state index contributed by atoms with van der Waals surface area (Å²) in [7, 11) is 0. The van der Waals surface area contributed by atoms with Crippen LogP contribution in [0.15, 0.2) is 18.2 Å². The molecule has 0 saturated carbocycles. The number of carbonyl (C=O) groups excluding carboxylic acids is 1. The molecule has 0 aliphatic rings. The molecule has 6 nitrogen and oxygen atoms in total. The number of nitrogens with zero attached hydrogens (tertiary/aromatic N) is 1. The lowest BCUT2D eigenvalue weighted by Crippen LogP contribution is -2.28. The minimum Gasteiger partial charge on any atom is -0.444 e. The predicted octanol–water partition coefficient (Wildman–Crippen LogP) is 3.28. The van der Waals surface area contributed by atoms with Gasteiger partial charge in [0.2, 0.25) is 0 Å². The van der Waals surface area contributed by atoms with Gasteiger partial charge in [-0.05, 0) is 53.7 Å². The molecule has 0 fully saturated rings. The van der Waals surface area contributed by atoms with Crippen molar-refractivity contribution in [3.05, 3.63) is 23.9 Å². The lowest BCUT2D eigenvalue weighted by Gasteiger charge is -2.26. The molecular weight excluding hydrogens is 284 g/mol. The number of aliphatic hydroxyl groups excluding tert-OH is 1. The van der Waals surface area contributed by atoms with E-state index in [4.69, 9.17) is 9.47 Å². The second-order valence-electron chi connectivity index (χ2n) is 6.98. The average molecular weight is 310 g/mol. The number of aliphatic hydroxyl groups is 1. The first-order valence-electron chi connectivity index (χ1n) is 7.26. The highest BCUT2D eigenvalue weighted by molar-refractivity contribution is 5.83. The smallest absolute Gasteiger partial charge is 0.413 e. The summed E-state index contributed by atoms with van der Waals surface area (Å²) < 4.78 is 10.9. The monoisotopic (exact) mass is 310 g/mol. The fraction of sp³-hybridized carbons (Fsp3) is 0.625. The van der Waals surface area contributed by atoms with Crippen molar-refractivity contribution >= 4 is 11.9 Å². The third-order valence-corrected chi connectivity index (χ3v) is 2.39. The molecule has 1 amide bonds. The molecule has 0 bridgehead atoms. The Bertz CT molecular complexity index is 504. The van der Waals surface area contributed by atoms with Gasteiger partial charge in [0.1, 0.15) is 17.5 Å². The van der Waals surface area contributed by atoms with Crippen LogP contribution in [0, 0.1) is 0 Å². The molecule has 22 heavy (non-hydrogen) atoms. The molecule has 1 atom stereocenters. The summed E-state index contributed by atoms with van der Waals surface area (Å²) in [5.74, 6) is 0.350. The fourth-order valence-corrected chi connectivity index (χ4v) is 1.73. The van der Waals surface area contributed by atoms with Crippen LogP contribution >= 0.6 is 0 Å². The minimum absolute atomic E-state index is 0.194. The van der Waals surface area contributed by atoms with E-state index >= 15 is 0 Å². The van der Waals surface area contributed by atoms with Crippen LogP contribution in [0.3, 0.4) is 0 Å². The molecule has 1 heterocycles. The van der Waals surface area contributed by atoms with Crippen molar-refractivity contribution in [3.8, 4) is 0 Å². The van der Waals surface area contributed by atoms with Gasteiger partial charge in [0.05, 0.1) is 17.9 Å². The van der Waals surface area contributed by atoms with Gasteiger partial charge < -0.3 is 14.6 Å².